The lowest BCUT2D eigenvalue weighted by atomic mass is 10.1. The van der Waals surface area contributed by atoms with E-state index in [2.05, 4.69) is 0 Å². The molecule has 1 N–H and O–H groups in total. The van der Waals surface area contributed by atoms with E-state index in [0.717, 1.165) is 16.5 Å². The zero-order valence-electron chi connectivity index (χ0n) is 13.2. The van der Waals surface area contributed by atoms with E-state index in [4.69, 9.17) is 14.3 Å². The third-order valence-corrected chi connectivity index (χ3v) is 4.25. The van der Waals surface area contributed by atoms with Gasteiger partial charge in [0.25, 0.3) is 5.91 Å². The fourth-order valence-electron chi connectivity index (χ4n) is 3.01. The Morgan fingerprint density at radius 2 is 2.13 bits per heavy atom. The maximum atomic E-state index is 12.9. The number of benzene rings is 1. The normalized spacial score (nSPS) is 18.3. The van der Waals surface area contributed by atoms with Crippen LogP contribution in [0.25, 0.3) is 11.0 Å². The second-order valence-corrected chi connectivity index (χ2v) is 5.83. The van der Waals surface area contributed by atoms with E-state index in [9.17, 15) is 9.59 Å². The van der Waals surface area contributed by atoms with Gasteiger partial charge in [-0.15, -0.1) is 0 Å². The fraction of sp³-hybridized carbons (Fsp3) is 0.412. The number of rotatable bonds is 3. The monoisotopic (exact) mass is 317 g/mol. The zero-order chi connectivity index (χ0) is 16.6. The summed E-state index contributed by atoms with van der Waals surface area (Å²) in [5.74, 6) is -0.935. The number of aryl methyl sites for hydroxylation is 2. The Kier molecular flexibility index (Phi) is 4.09. The van der Waals surface area contributed by atoms with E-state index in [0.29, 0.717) is 18.7 Å². The molecule has 1 aliphatic rings. The van der Waals surface area contributed by atoms with Crippen molar-refractivity contribution in [1.29, 1.82) is 0 Å². The number of hydrogen-bond donors (Lipinski definition) is 1. The maximum absolute atomic E-state index is 12.9. The minimum absolute atomic E-state index is 0.135. The maximum Gasteiger partial charge on any atom is 0.305 e. The van der Waals surface area contributed by atoms with Gasteiger partial charge < -0.3 is 19.2 Å². The summed E-state index contributed by atoms with van der Waals surface area (Å²) in [5, 5.41) is 9.94. The van der Waals surface area contributed by atoms with Crippen LogP contribution in [0.1, 0.15) is 28.1 Å². The van der Waals surface area contributed by atoms with Crippen molar-refractivity contribution < 1.29 is 23.8 Å². The van der Waals surface area contributed by atoms with Crippen LogP contribution < -0.4 is 0 Å². The molecule has 0 spiro atoms. The van der Waals surface area contributed by atoms with E-state index in [1.165, 1.54) is 0 Å². The summed E-state index contributed by atoms with van der Waals surface area (Å²) in [6.45, 7) is 4.79. The van der Waals surface area contributed by atoms with Gasteiger partial charge >= 0.3 is 5.97 Å². The van der Waals surface area contributed by atoms with Crippen LogP contribution in [0.5, 0.6) is 0 Å². The lowest BCUT2D eigenvalue weighted by Crippen LogP contribution is -2.49. The molecule has 1 aliphatic heterocycles. The standard InChI is InChI=1S/C17H19NO5/c1-10-4-3-5-13-11(2)16(23-15(10)13)17(21)18-6-7-22-9-12(18)8-14(19)20/h3-5,12H,6-9H2,1-2H3,(H,19,20). The largest absolute Gasteiger partial charge is 0.481 e. The summed E-state index contributed by atoms with van der Waals surface area (Å²) in [5.41, 5.74) is 2.46. The fourth-order valence-corrected chi connectivity index (χ4v) is 3.01. The first-order valence-corrected chi connectivity index (χ1v) is 7.58. The molecule has 6 heteroatoms. The van der Waals surface area contributed by atoms with Crippen LogP contribution in [0.4, 0.5) is 0 Å². The van der Waals surface area contributed by atoms with Gasteiger partial charge in [0, 0.05) is 17.5 Å². The van der Waals surface area contributed by atoms with Crippen LogP contribution in [-0.2, 0) is 9.53 Å². The summed E-state index contributed by atoms with van der Waals surface area (Å²) < 4.78 is 11.1. The number of carbonyl (C=O) groups is 2. The lowest BCUT2D eigenvalue weighted by molar-refractivity contribution is -0.139. The summed E-state index contributed by atoms with van der Waals surface area (Å²) in [6, 6.07) is 5.31. The van der Waals surface area contributed by atoms with E-state index in [1.807, 2.05) is 32.0 Å². The molecule has 1 fully saturated rings. The van der Waals surface area contributed by atoms with Gasteiger partial charge in [0.2, 0.25) is 0 Å². The van der Waals surface area contributed by atoms with Crippen molar-refractivity contribution in [3.63, 3.8) is 0 Å². The van der Waals surface area contributed by atoms with Gasteiger partial charge in [0.05, 0.1) is 25.7 Å². The quantitative estimate of drug-likeness (QED) is 0.940. The highest BCUT2D eigenvalue weighted by Crippen LogP contribution is 2.29. The lowest BCUT2D eigenvalue weighted by Gasteiger charge is -2.34. The zero-order valence-corrected chi connectivity index (χ0v) is 13.2. The Balaban J connectivity index is 1.97. The van der Waals surface area contributed by atoms with Gasteiger partial charge in [-0.1, -0.05) is 18.2 Å². The Morgan fingerprint density at radius 3 is 2.83 bits per heavy atom. The molecule has 0 bridgehead atoms. The van der Waals surface area contributed by atoms with E-state index in [1.54, 1.807) is 4.90 Å². The van der Waals surface area contributed by atoms with Crippen LogP contribution >= 0.6 is 0 Å². The molecule has 23 heavy (non-hydrogen) atoms. The van der Waals surface area contributed by atoms with Crippen molar-refractivity contribution in [2.24, 2.45) is 0 Å². The summed E-state index contributed by atoms with van der Waals surface area (Å²) >= 11 is 0. The molecule has 1 amide bonds. The summed E-state index contributed by atoms with van der Waals surface area (Å²) in [7, 11) is 0. The number of nitrogens with zero attached hydrogens (tertiary/aromatic N) is 1. The minimum Gasteiger partial charge on any atom is -0.481 e. The Bertz CT molecular complexity index is 764. The van der Waals surface area contributed by atoms with Crippen LogP contribution in [0, 0.1) is 13.8 Å². The van der Waals surface area contributed by atoms with Crippen molar-refractivity contribution in [1.82, 2.24) is 4.90 Å². The number of hydrogen-bond acceptors (Lipinski definition) is 4. The highest BCUT2D eigenvalue weighted by atomic mass is 16.5. The molecule has 1 aromatic heterocycles. The molecule has 1 saturated heterocycles. The molecule has 0 radical (unpaired) electrons. The summed E-state index contributed by atoms with van der Waals surface area (Å²) in [4.78, 5) is 25.4. The number of carboxylic acids is 1. The number of carbonyl (C=O) groups excluding carboxylic acids is 1. The Morgan fingerprint density at radius 1 is 1.35 bits per heavy atom. The third-order valence-electron chi connectivity index (χ3n) is 4.25. The Hall–Kier alpha value is -2.34. The van der Waals surface area contributed by atoms with Crippen molar-refractivity contribution in [2.75, 3.05) is 19.8 Å². The van der Waals surface area contributed by atoms with Gasteiger partial charge in [0.1, 0.15) is 5.58 Å². The molecule has 6 nitrogen and oxygen atoms in total. The highest BCUT2D eigenvalue weighted by Gasteiger charge is 2.32. The van der Waals surface area contributed by atoms with Crippen molar-refractivity contribution in [2.45, 2.75) is 26.3 Å². The van der Waals surface area contributed by atoms with Gasteiger partial charge in [0.15, 0.2) is 5.76 Å². The Labute approximate surface area is 133 Å². The molecule has 1 atom stereocenters. The molecule has 1 unspecified atom stereocenters. The second-order valence-electron chi connectivity index (χ2n) is 5.83. The number of aliphatic carboxylic acids is 1. The van der Waals surface area contributed by atoms with Crippen molar-refractivity contribution in [3.05, 3.63) is 35.1 Å². The number of ether oxygens (including phenoxy) is 1. The van der Waals surface area contributed by atoms with E-state index < -0.39 is 12.0 Å². The number of morpholine rings is 1. The molecule has 1 aromatic carbocycles. The van der Waals surface area contributed by atoms with Crippen LogP contribution in [-0.4, -0.2) is 47.7 Å². The average molecular weight is 317 g/mol. The van der Waals surface area contributed by atoms with Gasteiger partial charge in [-0.2, -0.15) is 0 Å². The number of para-hydroxylation sites is 1. The van der Waals surface area contributed by atoms with Crippen molar-refractivity contribution >= 4 is 22.8 Å². The SMILES string of the molecule is Cc1c(C(=O)N2CCOCC2CC(=O)O)oc2c(C)cccc12. The first kappa shape index (κ1) is 15.6. The van der Waals surface area contributed by atoms with E-state index >= 15 is 0 Å². The molecule has 0 saturated carbocycles. The summed E-state index contributed by atoms with van der Waals surface area (Å²) in [6.07, 6.45) is -0.135. The first-order chi connectivity index (χ1) is 11.0. The molecular weight excluding hydrogens is 298 g/mol. The number of carboxylic acid groups (broad SMARTS) is 1. The topological polar surface area (TPSA) is 80.0 Å². The van der Waals surface area contributed by atoms with E-state index in [-0.39, 0.29) is 24.7 Å². The molecule has 3 rings (SSSR count). The first-order valence-electron chi connectivity index (χ1n) is 7.58. The smallest absolute Gasteiger partial charge is 0.305 e. The van der Waals surface area contributed by atoms with Crippen LogP contribution in [0.2, 0.25) is 0 Å². The third kappa shape index (κ3) is 2.82. The molecular formula is C17H19NO5. The molecule has 0 aliphatic carbocycles. The minimum atomic E-state index is -0.949. The average Bonchev–Trinajstić information content (AvgIpc) is 2.85. The number of amides is 1. The number of fused-ring (bicyclic) bond motifs is 1. The second kappa shape index (κ2) is 6.04. The highest BCUT2D eigenvalue weighted by molar-refractivity contribution is 5.99. The van der Waals surface area contributed by atoms with Gasteiger partial charge in [-0.25, -0.2) is 0 Å². The molecule has 122 valence electrons. The van der Waals surface area contributed by atoms with Gasteiger partial charge in [-0.05, 0) is 19.4 Å². The van der Waals surface area contributed by atoms with Crippen LogP contribution in [0.15, 0.2) is 22.6 Å². The van der Waals surface area contributed by atoms with Crippen molar-refractivity contribution in [3.8, 4) is 0 Å². The molecule has 2 aromatic rings. The molecule has 2 heterocycles. The number of furan rings is 1. The van der Waals surface area contributed by atoms with Gasteiger partial charge in [-0.3, -0.25) is 9.59 Å². The predicted octanol–water partition coefficient (Wildman–Crippen LogP) is 2.37. The predicted molar refractivity (Wildman–Crippen MR) is 83.6 cm³/mol. The van der Waals surface area contributed by atoms with Crippen LogP contribution in [0.3, 0.4) is 0 Å².